The number of fused-ring (bicyclic) bond motifs is 1. The van der Waals surface area contributed by atoms with Crippen molar-refractivity contribution in [3.63, 3.8) is 0 Å². The molecule has 22 heavy (non-hydrogen) atoms. The summed E-state index contributed by atoms with van der Waals surface area (Å²) in [5.41, 5.74) is 0.769. The number of thiophene rings is 1. The summed E-state index contributed by atoms with van der Waals surface area (Å²) in [6.07, 6.45) is -4.64. The number of rotatable bonds is 2. The van der Waals surface area contributed by atoms with Crippen LogP contribution in [0.4, 0.5) is 19.1 Å². The van der Waals surface area contributed by atoms with Crippen LogP contribution in [-0.4, -0.2) is 30.9 Å². The van der Waals surface area contributed by atoms with Crippen LogP contribution in [0, 0.1) is 6.92 Å². The van der Waals surface area contributed by atoms with Crippen LogP contribution in [0.5, 0.6) is 0 Å². The van der Waals surface area contributed by atoms with Gasteiger partial charge in [-0.2, -0.15) is 23.3 Å². The molecule has 0 saturated heterocycles. The molecule has 0 aromatic carbocycles. The molecule has 3 aromatic rings. The van der Waals surface area contributed by atoms with Crippen molar-refractivity contribution in [2.45, 2.75) is 13.1 Å². The molecular formula is C11H9F3N6OS. The van der Waals surface area contributed by atoms with Crippen LogP contribution in [0.15, 0.2) is 6.07 Å². The molecule has 0 aliphatic carbocycles. The van der Waals surface area contributed by atoms with Crippen molar-refractivity contribution in [3.05, 3.63) is 22.5 Å². The Morgan fingerprint density at radius 1 is 1.45 bits per heavy atom. The third kappa shape index (κ3) is 2.43. The zero-order valence-electron chi connectivity index (χ0n) is 11.3. The fourth-order valence-corrected chi connectivity index (χ4v) is 2.94. The van der Waals surface area contributed by atoms with Crippen LogP contribution in [0.3, 0.4) is 0 Å². The van der Waals surface area contributed by atoms with Crippen molar-refractivity contribution in [2.24, 2.45) is 7.05 Å². The van der Waals surface area contributed by atoms with Gasteiger partial charge in [0.25, 0.3) is 5.91 Å². The molecule has 2 N–H and O–H groups in total. The van der Waals surface area contributed by atoms with Crippen molar-refractivity contribution in [3.8, 4) is 0 Å². The minimum Gasteiger partial charge on any atom is -0.288 e. The molecule has 3 rings (SSSR count). The number of hydrogen-bond acceptors (Lipinski definition) is 5. The first-order valence-corrected chi connectivity index (χ1v) is 6.81. The number of carbonyl (C=O) groups is 1. The number of aryl methyl sites for hydroxylation is 2. The summed E-state index contributed by atoms with van der Waals surface area (Å²) in [6.45, 7) is 1.81. The molecule has 3 heterocycles. The largest absolute Gasteiger partial charge is 0.451 e. The number of hydrogen-bond donors (Lipinski definition) is 2. The molecule has 0 fully saturated rings. The van der Waals surface area contributed by atoms with E-state index in [0.29, 0.717) is 4.88 Å². The first kappa shape index (κ1) is 14.5. The number of nitrogens with zero attached hydrogens (tertiary/aromatic N) is 4. The fourth-order valence-electron chi connectivity index (χ4n) is 1.92. The van der Waals surface area contributed by atoms with E-state index >= 15 is 0 Å². The van der Waals surface area contributed by atoms with Crippen molar-refractivity contribution in [1.29, 1.82) is 0 Å². The zero-order valence-corrected chi connectivity index (χ0v) is 12.1. The normalized spacial score (nSPS) is 12.0. The van der Waals surface area contributed by atoms with E-state index in [1.165, 1.54) is 11.3 Å². The number of anilines is 1. The Morgan fingerprint density at radius 3 is 2.77 bits per heavy atom. The number of alkyl halides is 3. The van der Waals surface area contributed by atoms with Crippen molar-refractivity contribution in [2.75, 3.05) is 5.32 Å². The van der Waals surface area contributed by atoms with E-state index in [1.54, 1.807) is 22.9 Å². The Hall–Kier alpha value is -2.43. The molecule has 0 unspecified atom stereocenters. The minimum absolute atomic E-state index is 0.337. The van der Waals surface area contributed by atoms with E-state index in [4.69, 9.17) is 0 Å². The lowest BCUT2D eigenvalue weighted by atomic mass is 10.3. The van der Waals surface area contributed by atoms with Gasteiger partial charge in [0, 0.05) is 12.4 Å². The van der Waals surface area contributed by atoms with E-state index in [9.17, 15) is 18.0 Å². The van der Waals surface area contributed by atoms with Crippen molar-refractivity contribution in [1.82, 2.24) is 25.0 Å². The van der Waals surface area contributed by atoms with E-state index in [1.807, 2.05) is 6.92 Å². The van der Waals surface area contributed by atoms with Gasteiger partial charge in [0.2, 0.25) is 11.8 Å². The Morgan fingerprint density at radius 2 is 2.18 bits per heavy atom. The van der Waals surface area contributed by atoms with E-state index in [0.717, 1.165) is 15.9 Å². The standard InChI is InChI=1S/C11H9F3N6OS/c1-4-5-3-6(22-8(5)20(2)19-4)7(21)15-10-16-9(17-18-10)11(12,13)14/h3H,1-2H3,(H2,15,16,17,18,21). The molecule has 0 saturated carbocycles. The Kier molecular flexibility index (Phi) is 3.16. The van der Waals surface area contributed by atoms with Crippen LogP contribution < -0.4 is 5.32 Å². The molecule has 1 amide bonds. The van der Waals surface area contributed by atoms with Gasteiger partial charge in [-0.1, -0.05) is 0 Å². The lowest BCUT2D eigenvalue weighted by Crippen LogP contribution is -2.12. The van der Waals surface area contributed by atoms with Crippen LogP contribution in [-0.2, 0) is 13.2 Å². The number of amides is 1. The molecule has 0 aliphatic rings. The van der Waals surface area contributed by atoms with E-state index < -0.39 is 23.9 Å². The first-order chi connectivity index (χ1) is 10.3. The van der Waals surface area contributed by atoms with Gasteiger partial charge in [-0.15, -0.1) is 16.4 Å². The third-order valence-corrected chi connectivity index (χ3v) is 4.10. The summed E-state index contributed by atoms with van der Waals surface area (Å²) in [6, 6.07) is 1.63. The Balaban J connectivity index is 1.84. The number of nitrogens with one attached hydrogen (secondary N) is 2. The van der Waals surface area contributed by atoms with Gasteiger partial charge >= 0.3 is 6.18 Å². The van der Waals surface area contributed by atoms with Crippen molar-refractivity contribution >= 4 is 33.4 Å². The van der Waals surface area contributed by atoms with Gasteiger partial charge in [-0.25, -0.2) is 0 Å². The predicted octanol–water partition coefficient (Wildman–Crippen LogP) is 2.33. The molecule has 0 atom stereocenters. The van der Waals surface area contributed by atoms with E-state index in [2.05, 4.69) is 20.5 Å². The molecular weight excluding hydrogens is 321 g/mol. The Labute approximate surface area is 125 Å². The highest BCUT2D eigenvalue weighted by molar-refractivity contribution is 7.20. The monoisotopic (exact) mass is 330 g/mol. The van der Waals surface area contributed by atoms with Gasteiger partial charge in [-0.05, 0) is 13.0 Å². The number of aromatic amines is 1. The summed E-state index contributed by atoms with van der Waals surface area (Å²) >= 11 is 1.18. The Bertz CT molecular complexity index is 827. The zero-order chi connectivity index (χ0) is 16.1. The van der Waals surface area contributed by atoms with Crippen LogP contribution in [0.25, 0.3) is 10.2 Å². The molecule has 3 aromatic heterocycles. The highest BCUT2D eigenvalue weighted by Gasteiger charge is 2.35. The molecule has 0 aliphatic heterocycles. The average molecular weight is 330 g/mol. The first-order valence-electron chi connectivity index (χ1n) is 6.00. The van der Waals surface area contributed by atoms with Crippen LogP contribution >= 0.6 is 11.3 Å². The highest BCUT2D eigenvalue weighted by Crippen LogP contribution is 2.29. The summed E-state index contributed by atoms with van der Waals surface area (Å²) in [7, 11) is 1.75. The van der Waals surface area contributed by atoms with Crippen LogP contribution in [0.2, 0.25) is 0 Å². The lowest BCUT2D eigenvalue weighted by molar-refractivity contribution is -0.144. The number of H-pyrrole nitrogens is 1. The smallest absolute Gasteiger partial charge is 0.288 e. The van der Waals surface area contributed by atoms with E-state index in [-0.39, 0.29) is 0 Å². The van der Waals surface area contributed by atoms with Gasteiger partial charge in [0.05, 0.1) is 10.6 Å². The second-order valence-electron chi connectivity index (χ2n) is 4.50. The minimum atomic E-state index is -4.64. The van der Waals surface area contributed by atoms with Gasteiger partial charge in [0.15, 0.2) is 0 Å². The molecule has 7 nitrogen and oxygen atoms in total. The summed E-state index contributed by atoms with van der Waals surface area (Å²) in [5, 5.41) is 12.3. The highest BCUT2D eigenvalue weighted by atomic mass is 32.1. The topological polar surface area (TPSA) is 88.5 Å². The maximum atomic E-state index is 12.4. The quantitative estimate of drug-likeness (QED) is 0.755. The third-order valence-electron chi connectivity index (χ3n) is 2.90. The molecule has 116 valence electrons. The molecule has 11 heteroatoms. The van der Waals surface area contributed by atoms with Gasteiger partial charge in [-0.3, -0.25) is 19.9 Å². The average Bonchev–Trinajstić information content (AvgIpc) is 3.07. The second kappa shape index (κ2) is 4.80. The second-order valence-corrected chi connectivity index (χ2v) is 5.53. The van der Waals surface area contributed by atoms with Gasteiger partial charge in [0.1, 0.15) is 4.83 Å². The SMILES string of the molecule is Cc1nn(C)c2sc(C(=O)Nc3n[nH]c(C(F)(F)F)n3)cc12. The van der Waals surface area contributed by atoms with Crippen molar-refractivity contribution < 1.29 is 18.0 Å². The molecule has 0 radical (unpaired) electrons. The predicted molar refractivity (Wildman–Crippen MR) is 72.7 cm³/mol. The summed E-state index contributed by atoms with van der Waals surface area (Å²) in [4.78, 5) is 16.4. The fraction of sp³-hybridized carbons (Fsp3) is 0.273. The number of halogens is 3. The number of aromatic nitrogens is 5. The van der Waals surface area contributed by atoms with Crippen LogP contribution in [0.1, 0.15) is 21.2 Å². The maximum Gasteiger partial charge on any atom is 0.451 e. The molecule has 0 spiro atoms. The lowest BCUT2D eigenvalue weighted by Gasteiger charge is -1.99. The summed E-state index contributed by atoms with van der Waals surface area (Å²) in [5.74, 6) is -2.27. The maximum absolute atomic E-state index is 12.4. The van der Waals surface area contributed by atoms with Gasteiger partial charge < -0.3 is 0 Å². The summed E-state index contributed by atoms with van der Waals surface area (Å²) < 4.78 is 38.8. The molecule has 0 bridgehead atoms. The number of carbonyl (C=O) groups excluding carboxylic acids is 1.